The molecule has 0 saturated carbocycles. The van der Waals surface area contributed by atoms with Crippen LogP contribution in [0.5, 0.6) is 0 Å². The van der Waals surface area contributed by atoms with E-state index in [1.165, 1.54) is 0 Å². The number of fused-ring (bicyclic) bond motifs is 1. The first-order valence-electron chi connectivity index (χ1n) is 6.51. The fourth-order valence-electron chi connectivity index (χ4n) is 2.69. The van der Waals surface area contributed by atoms with Crippen LogP contribution in [0.3, 0.4) is 0 Å². The zero-order valence-corrected chi connectivity index (χ0v) is 11.6. The molecule has 1 amide bonds. The van der Waals surface area contributed by atoms with Gasteiger partial charge in [0.15, 0.2) is 0 Å². The first kappa shape index (κ1) is 13.3. The first-order valence-corrected chi connectivity index (χ1v) is 6.51. The minimum absolute atomic E-state index is 0.175. The number of ketones is 1. The van der Waals surface area contributed by atoms with Crippen molar-refractivity contribution >= 4 is 11.9 Å². The van der Waals surface area contributed by atoms with E-state index in [-0.39, 0.29) is 24.0 Å². The van der Waals surface area contributed by atoms with Crippen molar-refractivity contribution in [2.24, 2.45) is 0 Å². The fraction of sp³-hybridized carbons (Fsp3) is 0.846. The van der Waals surface area contributed by atoms with Crippen molar-refractivity contribution in [1.29, 1.82) is 0 Å². The first-order chi connectivity index (χ1) is 8.26. The van der Waals surface area contributed by atoms with E-state index < -0.39 is 5.60 Å². The molecule has 2 atom stereocenters. The Bertz CT molecular complexity index is 362. The Kier molecular flexibility index (Phi) is 3.36. The molecule has 5 heteroatoms. The van der Waals surface area contributed by atoms with Gasteiger partial charge in [0.25, 0.3) is 0 Å². The molecule has 18 heavy (non-hydrogen) atoms. The zero-order chi connectivity index (χ0) is 13.5. The predicted octanol–water partition coefficient (Wildman–Crippen LogP) is 1.27. The van der Waals surface area contributed by atoms with Crippen molar-refractivity contribution in [3.63, 3.8) is 0 Å². The lowest BCUT2D eigenvalue weighted by Gasteiger charge is -2.41. The molecule has 0 aromatic carbocycles. The molecule has 102 valence electrons. The third kappa shape index (κ3) is 2.83. The van der Waals surface area contributed by atoms with E-state index in [2.05, 4.69) is 11.8 Å². The normalized spacial score (nSPS) is 29.3. The van der Waals surface area contributed by atoms with Crippen molar-refractivity contribution in [1.82, 2.24) is 9.80 Å². The van der Waals surface area contributed by atoms with E-state index in [1.807, 2.05) is 20.8 Å². The van der Waals surface area contributed by atoms with Crippen LogP contribution in [0.4, 0.5) is 4.79 Å². The molecule has 2 saturated heterocycles. The van der Waals surface area contributed by atoms with E-state index >= 15 is 0 Å². The second kappa shape index (κ2) is 4.53. The van der Waals surface area contributed by atoms with E-state index in [1.54, 1.807) is 4.90 Å². The topological polar surface area (TPSA) is 49.9 Å². The molecule has 0 spiro atoms. The highest BCUT2D eigenvalue weighted by Gasteiger charge is 2.41. The number of carbonyl (C=O) groups is 2. The number of amides is 1. The summed E-state index contributed by atoms with van der Waals surface area (Å²) in [6.07, 6.45) is 0.289. The summed E-state index contributed by atoms with van der Waals surface area (Å²) in [5.74, 6) is 0.276. The maximum absolute atomic E-state index is 12.0. The van der Waals surface area contributed by atoms with Gasteiger partial charge in [-0.25, -0.2) is 4.79 Å². The number of piperazine rings is 1. The van der Waals surface area contributed by atoms with Gasteiger partial charge < -0.3 is 9.64 Å². The largest absolute Gasteiger partial charge is 0.444 e. The van der Waals surface area contributed by atoms with E-state index in [0.29, 0.717) is 26.1 Å². The van der Waals surface area contributed by atoms with Crippen molar-refractivity contribution in [3.8, 4) is 0 Å². The van der Waals surface area contributed by atoms with Crippen LogP contribution in [-0.2, 0) is 9.53 Å². The average molecular weight is 254 g/mol. The standard InChI is InChI=1S/C13H22N2O3/c1-9-6-14(12(17)18-13(2,3)4)7-10-5-11(16)8-15(9)10/h9-10H,5-8H2,1-4H3/t9-,10+/m1/s1. The number of hydrogen-bond donors (Lipinski definition) is 0. The Morgan fingerprint density at radius 2 is 2.00 bits per heavy atom. The minimum Gasteiger partial charge on any atom is -0.444 e. The summed E-state index contributed by atoms with van der Waals surface area (Å²) in [7, 11) is 0. The summed E-state index contributed by atoms with van der Waals surface area (Å²) in [6, 6.07) is 0.400. The molecular formula is C13H22N2O3. The van der Waals surface area contributed by atoms with Crippen LogP contribution >= 0.6 is 0 Å². The van der Waals surface area contributed by atoms with Crippen molar-refractivity contribution in [2.75, 3.05) is 19.6 Å². The maximum atomic E-state index is 12.0. The van der Waals surface area contributed by atoms with Crippen LogP contribution in [0.15, 0.2) is 0 Å². The Balaban J connectivity index is 2.00. The van der Waals surface area contributed by atoms with Gasteiger partial charge in [-0.3, -0.25) is 9.69 Å². The molecular weight excluding hydrogens is 232 g/mol. The molecule has 0 radical (unpaired) electrons. The number of carbonyl (C=O) groups excluding carboxylic acids is 2. The molecule has 2 fully saturated rings. The SMILES string of the molecule is C[C@@H]1CN(C(=O)OC(C)(C)C)C[C@@H]2CC(=O)CN21. The van der Waals surface area contributed by atoms with Gasteiger partial charge in [0.05, 0.1) is 6.54 Å². The second-order valence-corrected chi connectivity index (χ2v) is 6.30. The second-order valence-electron chi connectivity index (χ2n) is 6.30. The van der Waals surface area contributed by atoms with Gasteiger partial charge in [-0.2, -0.15) is 0 Å². The van der Waals surface area contributed by atoms with Gasteiger partial charge in [-0.15, -0.1) is 0 Å². The van der Waals surface area contributed by atoms with Gasteiger partial charge in [0.1, 0.15) is 11.4 Å². The molecule has 2 aliphatic heterocycles. The van der Waals surface area contributed by atoms with Crippen molar-refractivity contribution < 1.29 is 14.3 Å². The monoisotopic (exact) mass is 254 g/mol. The number of hydrogen-bond acceptors (Lipinski definition) is 4. The van der Waals surface area contributed by atoms with Crippen LogP contribution in [0.1, 0.15) is 34.1 Å². The molecule has 2 heterocycles. The van der Waals surface area contributed by atoms with E-state index in [9.17, 15) is 9.59 Å². The number of ether oxygens (including phenoxy) is 1. The lowest BCUT2D eigenvalue weighted by atomic mass is 10.1. The summed E-state index contributed by atoms with van der Waals surface area (Å²) in [5.41, 5.74) is -0.469. The smallest absolute Gasteiger partial charge is 0.410 e. The van der Waals surface area contributed by atoms with E-state index in [4.69, 9.17) is 4.74 Å². The van der Waals surface area contributed by atoms with Gasteiger partial charge in [-0.1, -0.05) is 0 Å². The summed E-state index contributed by atoms with van der Waals surface area (Å²) in [5, 5.41) is 0. The number of Topliss-reactive ketones (excluding diaryl/α,β-unsaturated/α-hetero) is 1. The van der Waals surface area contributed by atoms with Crippen LogP contribution in [0.2, 0.25) is 0 Å². The van der Waals surface area contributed by atoms with Crippen LogP contribution in [-0.4, -0.2) is 59.0 Å². The Labute approximate surface area is 108 Å². The Morgan fingerprint density at radius 3 is 2.61 bits per heavy atom. The molecule has 0 aromatic rings. The molecule has 0 aliphatic carbocycles. The van der Waals surface area contributed by atoms with Crippen LogP contribution in [0, 0.1) is 0 Å². The third-order valence-corrected chi connectivity index (χ3v) is 3.42. The lowest BCUT2D eigenvalue weighted by Crippen LogP contribution is -2.57. The highest BCUT2D eigenvalue weighted by atomic mass is 16.6. The van der Waals surface area contributed by atoms with Gasteiger partial charge in [0.2, 0.25) is 0 Å². The minimum atomic E-state index is -0.469. The number of nitrogens with zero attached hydrogens (tertiary/aromatic N) is 2. The third-order valence-electron chi connectivity index (χ3n) is 3.42. The molecule has 0 unspecified atom stereocenters. The van der Waals surface area contributed by atoms with Crippen LogP contribution < -0.4 is 0 Å². The molecule has 0 N–H and O–H groups in total. The van der Waals surface area contributed by atoms with Gasteiger partial charge in [0, 0.05) is 31.6 Å². The Hall–Kier alpha value is -1.10. The van der Waals surface area contributed by atoms with Crippen molar-refractivity contribution in [2.45, 2.75) is 51.8 Å². The van der Waals surface area contributed by atoms with Crippen molar-refractivity contribution in [3.05, 3.63) is 0 Å². The highest BCUT2D eigenvalue weighted by Crippen LogP contribution is 2.24. The summed E-state index contributed by atoms with van der Waals surface area (Å²) >= 11 is 0. The van der Waals surface area contributed by atoms with Gasteiger partial charge >= 0.3 is 6.09 Å². The molecule has 0 bridgehead atoms. The molecule has 2 aliphatic rings. The number of rotatable bonds is 0. The van der Waals surface area contributed by atoms with Gasteiger partial charge in [-0.05, 0) is 27.7 Å². The molecule has 5 nitrogen and oxygen atoms in total. The highest BCUT2D eigenvalue weighted by molar-refractivity contribution is 5.83. The summed E-state index contributed by atoms with van der Waals surface area (Å²) in [4.78, 5) is 27.4. The maximum Gasteiger partial charge on any atom is 0.410 e. The fourth-order valence-corrected chi connectivity index (χ4v) is 2.69. The summed E-state index contributed by atoms with van der Waals surface area (Å²) < 4.78 is 5.38. The van der Waals surface area contributed by atoms with Crippen LogP contribution in [0.25, 0.3) is 0 Å². The molecule has 2 rings (SSSR count). The molecule has 0 aromatic heterocycles. The predicted molar refractivity (Wildman–Crippen MR) is 67.4 cm³/mol. The summed E-state index contributed by atoms with van der Waals surface area (Å²) in [6.45, 7) is 9.43. The quantitative estimate of drug-likeness (QED) is 0.653. The Morgan fingerprint density at radius 1 is 1.33 bits per heavy atom. The van der Waals surface area contributed by atoms with E-state index in [0.717, 1.165) is 0 Å². The lowest BCUT2D eigenvalue weighted by molar-refractivity contribution is -0.117. The zero-order valence-electron chi connectivity index (χ0n) is 11.6. The average Bonchev–Trinajstić information content (AvgIpc) is 2.56.